The number of nitrogens with zero attached hydrogens (tertiary/aromatic N) is 1. The molecule has 1 aliphatic heterocycles. The molecule has 0 saturated heterocycles. The highest BCUT2D eigenvalue weighted by molar-refractivity contribution is 5.99. The Morgan fingerprint density at radius 3 is 2.58 bits per heavy atom. The molecule has 0 bridgehead atoms. The van der Waals surface area contributed by atoms with Crippen molar-refractivity contribution in [2.75, 3.05) is 12.3 Å². The van der Waals surface area contributed by atoms with Crippen molar-refractivity contribution in [3.8, 4) is 0 Å². The van der Waals surface area contributed by atoms with Gasteiger partial charge in [0, 0.05) is 5.69 Å². The Morgan fingerprint density at radius 1 is 1.05 bits per heavy atom. The number of nitrogens with two attached hydrogens (primary N) is 1. The molecule has 0 radical (unpaired) electrons. The van der Waals surface area contributed by atoms with Crippen LogP contribution in [0, 0.1) is 0 Å². The Kier molecular flexibility index (Phi) is 3.19. The van der Waals surface area contributed by atoms with Gasteiger partial charge in [0.2, 0.25) is 5.90 Å². The van der Waals surface area contributed by atoms with Crippen LogP contribution in [0.5, 0.6) is 0 Å². The molecule has 0 spiro atoms. The third kappa shape index (κ3) is 2.60. The highest BCUT2D eigenvalue weighted by atomic mass is 16.5. The van der Waals surface area contributed by atoms with E-state index < -0.39 is 0 Å². The van der Waals surface area contributed by atoms with Gasteiger partial charge in [0.1, 0.15) is 6.61 Å². The third-order valence-electron chi connectivity index (χ3n) is 3.22. The van der Waals surface area contributed by atoms with Crippen molar-refractivity contribution < 1.29 is 4.74 Å². The van der Waals surface area contributed by atoms with Gasteiger partial charge < -0.3 is 10.5 Å². The average Bonchev–Trinajstić information content (AvgIpc) is 2.89. The third-order valence-corrected chi connectivity index (χ3v) is 3.22. The normalized spacial score (nSPS) is 17.9. The fourth-order valence-corrected chi connectivity index (χ4v) is 2.25. The van der Waals surface area contributed by atoms with Crippen molar-refractivity contribution >= 4 is 11.6 Å². The quantitative estimate of drug-likeness (QED) is 0.854. The predicted molar refractivity (Wildman–Crippen MR) is 77.3 cm³/mol. The Balaban J connectivity index is 1.77. The SMILES string of the molecule is Nc1ccccc1C1=N[C@H](Cc2ccccc2)CO1. The zero-order chi connectivity index (χ0) is 13.1. The van der Waals surface area contributed by atoms with E-state index >= 15 is 0 Å². The van der Waals surface area contributed by atoms with Crippen LogP contribution >= 0.6 is 0 Å². The minimum atomic E-state index is 0.178. The van der Waals surface area contributed by atoms with Crippen molar-refractivity contribution in [2.24, 2.45) is 4.99 Å². The first-order valence-corrected chi connectivity index (χ1v) is 6.42. The van der Waals surface area contributed by atoms with Gasteiger partial charge in [-0.2, -0.15) is 0 Å². The van der Waals surface area contributed by atoms with Gasteiger partial charge in [0.05, 0.1) is 11.6 Å². The average molecular weight is 252 g/mol. The summed E-state index contributed by atoms with van der Waals surface area (Å²) in [4.78, 5) is 4.63. The summed E-state index contributed by atoms with van der Waals surface area (Å²) in [6.45, 7) is 0.624. The van der Waals surface area contributed by atoms with Gasteiger partial charge in [-0.25, -0.2) is 4.99 Å². The first-order chi connectivity index (χ1) is 9.33. The van der Waals surface area contributed by atoms with Crippen molar-refractivity contribution in [3.63, 3.8) is 0 Å². The van der Waals surface area contributed by atoms with Crippen LogP contribution in [-0.4, -0.2) is 18.5 Å². The van der Waals surface area contributed by atoms with Crippen molar-refractivity contribution in [3.05, 3.63) is 65.7 Å². The van der Waals surface area contributed by atoms with Gasteiger partial charge in [-0.15, -0.1) is 0 Å². The van der Waals surface area contributed by atoms with Gasteiger partial charge in [0.15, 0.2) is 0 Å². The Morgan fingerprint density at radius 2 is 1.79 bits per heavy atom. The molecule has 3 heteroatoms. The molecular weight excluding hydrogens is 236 g/mol. The van der Waals surface area contributed by atoms with Crippen LogP contribution in [0.4, 0.5) is 5.69 Å². The summed E-state index contributed by atoms with van der Waals surface area (Å²) < 4.78 is 5.67. The number of hydrogen-bond donors (Lipinski definition) is 1. The molecule has 0 saturated carbocycles. The van der Waals surface area contributed by atoms with Gasteiger partial charge in [0.25, 0.3) is 0 Å². The summed E-state index contributed by atoms with van der Waals surface area (Å²) in [7, 11) is 0. The maximum atomic E-state index is 5.94. The molecule has 3 nitrogen and oxygen atoms in total. The van der Waals surface area contributed by atoms with E-state index in [-0.39, 0.29) is 6.04 Å². The highest BCUT2D eigenvalue weighted by Gasteiger charge is 2.21. The van der Waals surface area contributed by atoms with Crippen LogP contribution in [0.15, 0.2) is 59.6 Å². The van der Waals surface area contributed by atoms with E-state index in [9.17, 15) is 0 Å². The Hall–Kier alpha value is -2.29. The first kappa shape index (κ1) is 11.8. The molecule has 1 heterocycles. The lowest BCUT2D eigenvalue weighted by Gasteiger charge is -2.04. The second-order valence-electron chi connectivity index (χ2n) is 4.68. The van der Waals surface area contributed by atoms with E-state index in [4.69, 9.17) is 10.5 Å². The molecule has 2 aromatic carbocycles. The van der Waals surface area contributed by atoms with Gasteiger partial charge in [-0.1, -0.05) is 42.5 Å². The molecule has 2 aromatic rings. The number of ether oxygens (including phenoxy) is 1. The fourth-order valence-electron chi connectivity index (χ4n) is 2.25. The lowest BCUT2D eigenvalue weighted by atomic mass is 10.1. The number of para-hydroxylation sites is 1. The molecule has 0 aliphatic carbocycles. The van der Waals surface area contributed by atoms with E-state index in [0.717, 1.165) is 12.0 Å². The predicted octanol–water partition coefficient (Wildman–Crippen LogP) is 2.66. The number of anilines is 1. The summed E-state index contributed by atoms with van der Waals surface area (Å²) >= 11 is 0. The number of benzene rings is 2. The van der Waals surface area contributed by atoms with Crippen LogP contribution < -0.4 is 5.73 Å². The Bertz CT molecular complexity index is 593. The molecule has 19 heavy (non-hydrogen) atoms. The summed E-state index contributed by atoms with van der Waals surface area (Å²) in [6.07, 6.45) is 0.900. The van der Waals surface area contributed by atoms with Gasteiger partial charge in [-0.05, 0) is 24.1 Å². The van der Waals surface area contributed by atoms with Crippen molar-refractivity contribution in [1.29, 1.82) is 0 Å². The maximum absolute atomic E-state index is 5.94. The molecule has 1 aliphatic rings. The maximum Gasteiger partial charge on any atom is 0.218 e. The molecule has 0 aromatic heterocycles. The van der Waals surface area contributed by atoms with E-state index in [1.165, 1.54) is 5.56 Å². The molecule has 2 N–H and O–H groups in total. The van der Waals surface area contributed by atoms with Crippen molar-refractivity contribution in [1.82, 2.24) is 0 Å². The van der Waals surface area contributed by atoms with E-state index in [2.05, 4.69) is 17.1 Å². The molecular formula is C16H16N2O. The fraction of sp³-hybridized carbons (Fsp3) is 0.188. The lowest BCUT2D eigenvalue weighted by molar-refractivity contribution is 0.317. The molecule has 0 unspecified atom stereocenters. The van der Waals surface area contributed by atoms with Gasteiger partial charge in [-0.3, -0.25) is 0 Å². The molecule has 96 valence electrons. The second-order valence-corrected chi connectivity index (χ2v) is 4.68. The summed E-state index contributed by atoms with van der Waals surface area (Å²) in [6, 6.07) is 18.2. The highest BCUT2D eigenvalue weighted by Crippen LogP contribution is 2.19. The first-order valence-electron chi connectivity index (χ1n) is 6.42. The molecule has 0 amide bonds. The number of aliphatic imine (C=N–C) groups is 1. The van der Waals surface area contributed by atoms with Crippen LogP contribution in [0.25, 0.3) is 0 Å². The Labute approximate surface area is 112 Å². The van der Waals surface area contributed by atoms with Gasteiger partial charge >= 0.3 is 0 Å². The minimum Gasteiger partial charge on any atom is -0.475 e. The minimum absolute atomic E-state index is 0.178. The summed E-state index contributed by atoms with van der Waals surface area (Å²) in [5.74, 6) is 0.666. The molecule has 0 fully saturated rings. The zero-order valence-corrected chi connectivity index (χ0v) is 10.6. The zero-order valence-electron chi connectivity index (χ0n) is 10.6. The standard InChI is InChI=1S/C16H16N2O/c17-15-9-5-4-8-14(15)16-18-13(11-19-16)10-12-6-2-1-3-7-12/h1-9,13H,10-11,17H2/t13-/m1/s1. The van der Waals surface area contributed by atoms with Crippen LogP contribution in [0.1, 0.15) is 11.1 Å². The number of hydrogen-bond acceptors (Lipinski definition) is 3. The molecule has 1 atom stereocenters. The molecule has 3 rings (SSSR count). The number of rotatable bonds is 3. The topological polar surface area (TPSA) is 47.6 Å². The second kappa shape index (κ2) is 5.14. The van der Waals surface area contributed by atoms with E-state index in [0.29, 0.717) is 18.2 Å². The lowest BCUT2D eigenvalue weighted by Crippen LogP contribution is -2.09. The van der Waals surface area contributed by atoms with Crippen LogP contribution in [-0.2, 0) is 11.2 Å². The number of nitrogen functional groups attached to an aromatic ring is 1. The van der Waals surface area contributed by atoms with Crippen LogP contribution in [0.3, 0.4) is 0 Å². The monoisotopic (exact) mass is 252 g/mol. The summed E-state index contributed by atoms with van der Waals surface area (Å²) in [5.41, 5.74) is 8.81. The van der Waals surface area contributed by atoms with Crippen LogP contribution in [0.2, 0.25) is 0 Å². The van der Waals surface area contributed by atoms with E-state index in [1.54, 1.807) is 0 Å². The van der Waals surface area contributed by atoms with Crippen molar-refractivity contribution in [2.45, 2.75) is 12.5 Å². The van der Waals surface area contributed by atoms with E-state index in [1.807, 2.05) is 42.5 Å². The smallest absolute Gasteiger partial charge is 0.218 e. The largest absolute Gasteiger partial charge is 0.475 e. The summed E-state index contributed by atoms with van der Waals surface area (Å²) in [5, 5.41) is 0.